The molecule has 0 atom stereocenters. The zero-order chi connectivity index (χ0) is 37.0. The summed E-state index contributed by atoms with van der Waals surface area (Å²) in [5, 5.41) is 7.63. The first-order valence-corrected chi connectivity index (χ1v) is 19.7. The SMILES string of the molecule is Cc1ccc2cc(-c3ccc(-c4c5ccccc5c(-c5ccc6c(c5)C5(c7ccccc7-c7ccccc75)c5ccccc5-6)c5ccccc45)cc3)ccc2c1. The summed E-state index contributed by atoms with van der Waals surface area (Å²) in [6.07, 6.45) is 0. The number of hydrogen-bond acceptors (Lipinski definition) is 0. The Hall–Kier alpha value is -7.02. The lowest BCUT2D eigenvalue weighted by Crippen LogP contribution is -2.25. The van der Waals surface area contributed by atoms with E-state index in [0.717, 1.165) is 0 Å². The van der Waals surface area contributed by atoms with Gasteiger partial charge in [0, 0.05) is 0 Å². The molecule has 2 aliphatic carbocycles. The van der Waals surface area contributed by atoms with E-state index in [-0.39, 0.29) is 5.41 Å². The minimum atomic E-state index is -0.383. The second kappa shape index (κ2) is 11.7. The van der Waals surface area contributed by atoms with Crippen molar-refractivity contribution in [2.24, 2.45) is 0 Å². The molecular weight excluding hydrogens is 673 g/mol. The molecule has 10 aromatic rings. The van der Waals surface area contributed by atoms with Crippen LogP contribution in [0.25, 0.3) is 88.0 Å². The maximum absolute atomic E-state index is 2.53. The quantitative estimate of drug-likeness (QED) is 0.160. The predicted octanol–water partition coefficient (Wildman–Crippen LogP) is 14.8. The number of aryl methyl sites for hydroxylation is 1. The third-order valence-corrected chi connectivity index (χ3v) is 12.7. The van der Waals surface area contributed by atoms with Crippen molar-refractivity contribution in [3.63, 3.8) is 0 Å². The molecule has 0 heterocycles. The van der Waals surface area contributed by atoms with Crippen molar-refractivity contribution >= 4 is 32.3 Å². The third kappa shape index (κ3) is 4.24. The highest BCUT2D eigenvalue weighted by Gasteiger charge is 2.51. The van der Waals surface area contributed by atoms with Crippen LogP contribution in [0.5, 0.6) is 0 Å². The molecule has 12 rings (SSSR count). The van der Waals surface area contributed by atoms with Gasteiger partial charge in [-0.05, 0) is 129 Å². The summed E-state index contributed by atoms with van der Waals surface area (Å²) < 4.78 is 0. The van der Waals surface area contributed by atoms with Gasteiger partial charge in [-0.3, -0.25) is 0 Å². The molecule has 1 spiro atoms. The normalized spacial score (nSPS) is 13.2. The molecule has 0 bridgehead atoms. The van der Waals surface area contributed by atoms with Crippen LogP contribution in [0, 0.1) is 6.92 Å². The standard InChI is InChI=1S/C56H36/c1-35-22-23-40-33-39(29-28-38(40)32-35)36-24-26-37(27-25-36)54-46-15-2-4-17-48(46)55(49-18-5-3-16-47(49)54)41-30-31-45-44-14-8-11-21-52(44)56(53(45)34-41)50-19-9-6-12-42(50)43-13-7-10-20-51(43)56/h2-34H,1H3. The van der Waals surface area contributed by atoms with Gasteiger partial charge in [-0.15, -0.1) is 0 Å². The molecule has 0 aromatic heterocycles. The van der Waals surface area contributed by atoms with Crippen molar-refractivity contribution in [2.75, 3.05) is 0 Å². The van der Waals surface area contributed by atoms with Crippen LogP contribution in [0.15, 0.2) is 200 Å². The van der Waals surface area contributed by atoms with Gasteiger partial charge in [0.05, 0.1) is 5.41 Å². The van der Waals surface area contributed by atoms with E-state index < -0.39 is 0 Å². The zero-order valence-corrected chi connectivity index (χ0v) is 31.1. The Balaban J connectivity index is 1.07. The van der Waals surface area contributed by atoms with E-state index in [9.17, 15) is 0 Å². The smallest absolute Gasteiger partial charge is 0.0619 e. The molecule has 2 aliphatic rings. The van der Waals surface area contributed by atoms with Crippen molar-refractivity contribution in [3.8, 4) is 55.6 Å². The van der Waals surface area contributed by atoms with Crippen LogP contribution >= 0.6 is 0 Å². The first-order valence-electron chi connectivity index (χ1n) is 19.7. The summed E-state index contributed by atoms with van der Waals surface area (Å²) in [6, 6.07) is 75.3. The van der Waals surface area contributed by atoms with Gasteiger partial charge >= 0.3 is 0 Å². The second-order valence-electron chi connectivity index (χ2n) is 15.6. The number of hydrogen-bond donors (Lipinski definition) is 0. The fourth-order valence-electron chi connectivity index (χ4n) is 10.4. The van der Waals surface area contributed by atoms with Crippen molar-refractivity contribution in [1.82, 2.24) is 0 Å². The van der Waals surface area contributed by atoms with E-state index in [1.807, 2.05) is 0 Å². The molecule has 0 heteroatoms. The Labute approximate surface area is 327 Å². The topological polar surface area (TPSA) is 0 Å². The van der Waals surface area contributed by atoms with E-state index in [2.05, 4.69) is 207 Å². The first kappa shape index (κ1) is 31.3. The Kier molecular flexibility index (Phi) is 6.57. The number of fused-ring (bicyclic) bond motifs is 13. The van der Waals surface area contributed by atoms with Gasteiger partial charge in [0.2, 0.25) is 0 Å². The molecule has 0 unspecified atom stereocenters. The molecule has 0 amide bonds. The van der Waals surface area contributed by atoms with Crippen molar-refractivity contribution in [2.45, 2.75) is 12.3 Å². The van der Waals surface area contributed by atoms with Crippen LogP contribution in [0.3, 0.4) is 0 Å². The molecule has 0 nitrogen and oxygen atoms in total. The van der Waals surface area contributed by atoms with Crippen LogP contribution in [-0.4, -0.2) is 0 Å². The lowest BCUT2D eigenvalue weighted by molar-refractivity contribution is 0.794. The Morgan fingerprint density at radius 1 is 0.286 bits per heavy atom. The van der Waals surface area contributed by atoms with Gasteiger partial charge in [0.1, 0.15) is 0 Å². The van der Waals surface area contributed by atoms with E-state index in [4.69, 9.17) is 0 Å². The van der Waals surface area contributed by atoms with Crippen molar-refractivity contribution in [1.29, 1.82) is 0 Å². The second-order valence-corrected chi connectivity index (χ2v) is 15.6. The minimum Gasteiger partial charge on any atom is -0.0619 e. The van der Waals surface area contributed by atoms with Crippen LogP contribution in [0.1, 0.15) is 27.8 Å². The molecule has 56 heavy (non-hydrogen) atoms. The largest absolute Gasteiger partial charge is 0.0725 e. The van der Waals surface area contributed by atoms with Gasteiger partial charge in [-0.25, -0.2) is 0 Å². The summed E-state index contributed by atoms with van der Waals surface area (Å²) in [7, 11) is 0. The van der Waals surface area contributed by atoms with Crippen LogP contribution in [0.4, 0.5) is 0 Å². The molecule has 0 aliphatic heterocycles. The molecular formula is C56H36. The highest BCUT2D eigenvalue weighted by Crippen LogP contribution is 2.63. The molecule has 0 saturated heterocycles. The zero-order valence-electron chi connectivity index (χ0n) is 31.1. The fraction of sp³-hybridized carbons (Fsp3) is 0.0357. The van der Waals surface area contributed by atoms with Gasteiger partial charge in [0.25, 0.3) is 0 Å². The molecule has 0 radical (unpaired) electrons. The minimum absolute atomic E-state index is 0.383. The molecule has 0 N–H and O–H groups in total. The van der Waals surface area contributed by atoms with E-state index >= 15 is 0 Å². The third-order valence-electron chi connectivity index (χ3n) is 12.7. The maximum atomic E-state index is 2.53. The molecule has 0 fully saturated rings. The maximum Gasteiger partial charge on any atom is 0.0725 e. The lowest BCUT2D eigenvalue weighted by atomic mass is 9.70. The monoisotopic (exact) mass is 708 g/mol. The number of benzene rings is 10. The highest BCUT2D eigenvalue weighted by molar-refractivity contribution is 6.21. The van der Waals surface area contributed by atoms with Gasteiger partial charge in [-0.2, -0.15) is 0 Å². The molecule has 10 aromatic carbocycles. The average Bonchev–Trinajstić information content (AvgIpc) is 3.72. The van der Waals surface area contributed by atoms with Crippen LogP contribution < -0.4 is 0 Å². The van der Waals surface area contributed by atoms with E-state index in [1.54, 1.807) is 0 Å². The Morgan fingerprint density at radius 3 is 1.27 bits per heavy atom. The van der Waals surface area contributed by atoms with Crippen molar-refractivity contribution in [3.05, 3.63) is 228 Å². The Bertz CT molecular complexity index is 3130. The predicted molar refractivity (Wildman–Crippen MR) is 236 cm³/mol. The first-order chi connectivity index (χ1) is 27.7. The summed E-state index contributed by atoms with van der Waals surface area (Å²) in [4.78, 5) is 0. The summed E-state index contributed by atoms with van der Waals surface area (Å²) in [5.41, 5.74) is 19.2. The van der Waals surface area contributed by atoms with Gasteiger partial charge < -0.3 is 0 Å². The number of rotatable bonds is 3. The summed E-state index contributed by atoms with van der Waals surface area (Å²) >= 11 is 0. The van der Waals surface area contributed by atoms with E-state index in [0.29, 0.717) is 0 Å². The molecule has 0 saturated carbocycles. The summed E-state index contributed by atoms with van der Waals surface area (Å²) in [5.74, 6) is 0. The van der Waals surface area contributed by atoms with Crippen LogP contribution in [0.2, 0.25) is 0 Å². The average molecular weight is 709 g/mol. The van der Waals surface area contributed by atoms with Gasteiger partial charge in [-0.1, -0.05) is 194 Å². The van der Waals surface area contributed by atoms with Crippen LogP contribution in [-0.2, 0) is 5.41 Å². The van der Waals surface area contributed by atoms with Gasteiger partial charge in [0.15, 0.2) is 0 Å². The molecule has 260 valence electrons. The summed E-state index contributed by atoms with van der Waals surface area (Å²) in [6.45, 7) is 2.15. The van der Waals surface area contributed by atoms with E-state index in [1.165, 1.54) is 116 Å². The lowest BCUT2D eigenvalue weighted by Gasteiger charge is -2.30. The fourth-order valence-corrected chi connectivity index (χ4v) is 10.4. The highest BCUT2D eigenvalue weighted by atomic mass is 14.5. The van der Waals surface area contributed by atoms with Crippen molar-refractivity contribution < 1.29 is 0 Å². The Morgan fingerprint density at radius 2 is 0.696 bits per heavy atom.